The lowest BCUT2D eigenvalue weighted by molar-refractivity contribution is -0.139. The molecule has 1 aromatic heterocycles. The van der Waals surface area contributed by atoms with Gasteiger partial charge in [0.25, 0.3) is 5.56 Å². The number of hydrogen-bond donors (Lipinski definition) is 1. The lowest BCUT2D eigenvalue weighted by Gasteiger charge is -2.25. The summed E-state index contributed by atoms with van der Waals surface area (Å²) in [5, 5.41) is 10.1. The molecule has 4 rings (SSSR count). The van der Waals surface area contributed by atoms with Crippen LogP contribution < -0.4 is 29.1 Å². The van der Waals surface area contributed by atoms with Gasteiger partial charge in [0.2, 0.25) is 0 Å². The number of aromatic hydroxyl groups is 1. The summed E-state index contributed by atoms with van der Waals surface area (Å²) in [6.07, 6.45) is 3.33. The number of ether oxygens (including phenoxy) is 4. The topological polar surface area (TPSA) is 109 Å². The average Bonchev–Trinajstić information content (AvgIpc) is 3.22. The van der Waals surface area contributed by atoms with Gasteiger partial charge in [-0.05, 0) is 62.2 Å². The molecule has 1 aliphatic heterocycles. The quantitative estimate of drug-likeness (QED) is 0.304. The Kier molecular flexibility index (Phi) is 8.55. The van der Waals surface area contributed by atoms with Crippen molar-refractivity contribution >= 4 is 23.4 Å². The van der Waals surface area contributed by atoms with Crippen LogP contribution in [0.3, 0.4) is 0 Å². The Morgan fingerprint density at radius 3 is 2.62 bits per heavy atom. The standard InChI is InChI=1S/C29H30N2O7S/c1-6-13-38-21-12-10-19(16-23(21)35-5)26-25(28(34)37-8-3)17(4)30-29-31(26)27(33)24(39-29)15-18-9-11-20(32)22(14-18)36-7-2/h6,9-12,14-16,26,32H,1,7-8,13H2,2-5H3/b24-15-. The lowest BCUT2D eigenvalue weighted by Crippen LogP contribution is -2.40. The molecule has 1 aliphatic rings. The molecule has 0 bridgehead atoms. The molecule has 0 saturated heterocycles. The molecule has 10 heteroatoms. The Bertz CT molecular complexity index is 1620. The van der Waals surface area contributed by atoms with Gasteiger partial charge in [-0.25, -0.2) is 9.79 Å². The van der Waals surface area contributed by atoms with E-state index in [0.717, 1.165) is 0 Å². The molecule has 0 aliphatic carbocycles. The molecule has 9 nitrogen and oxygen atoms in total. The number of methoxy groups -OCH3 is 1. The van der Waals surface area contributed by atoms with Crippen LogP contribution in [0.1, 0.15) is 37.9 Å². The number of hydrogen-bond acceptors (Lipinski definition) is 9. The molecule has 2 aromatic carbocycles. The normalized spacial score (nSPS) is 14.9. The predicted molar refractivity (Wildman–Crippen MR) is 148 cm³/mol. The van der Waals surface area contributed by atoms with Crippen molar-refractivity contribution in [3.63, 3.8) is 0 Å². The van der Waals surface area contributed by atoms with Crippen molar-refractivity contribution in [1.29, 1.82) is 0 Å². The van der Waals surface area contributed by atoms with Crippen LogP contribution in [0, 0.1) is 0 Å². The Hall–Kier alpha value is -4.31. The first-order valence-electron chi connectivity index (χ1n) is 12.4. The second-order valence-corrected chi connectivity index (χ2v) is 9.48. The highest BCUT2D eigenvalue weighted by atomic mass is 32.1. The van der Waals surface area contributed by atoms with E-state index in [4.69, 9.17) is 18.9 Å². The number of phenolic OH excluding ortho intramolecular Hbond substituents is 1. The van der Waals surface area contributed by atoms with E-state index in [1.54, 1.807) is 56.3 Å². The number of carbonyl (C=O) groups is 1. The Labute approximate surface area is 229 Å². The average molecular weight is 551 g/mol. The minimum Gasteiger partial charge on any atom is -0.504 e. The number of allylic oxidation sites excluding steroid dienone is 1. The Morgan fingerprint density at radius 1 is 1.13 bits per heavy atom. The number of nitrogens with zero attached hydrogens (tertiary/aromatic N) is 2. The number of aromatic nitrogens is 1. The van der Waals surface area contributed by atoms with Gasteiger partial charge in [0.15, 0.2) is 27.8 Å². The Balaban J connectivity index is 1.91. The largest absolute Gasteiger partial charge is 0.504 e. The van der Waals surface area contributed by atoms with Gasteiger partial charge in [0.05, 0.1) is 42.2 Å². The minimum absolute atomic E-state index is 0.0135. The van der Waals surface area contributed by atoms with E-state index >= 15 is 0 Å². The maximum absolute atomic E-state index is 13.8. The minimum atomic E-state index is -0.802. The summed E-state index contributed by atoms with van der Waals surface area (Å²) in [5.41, 5.74) is 1.70. The van der Waals surface area contributed by atoms with Crippen LogP contribution in [-0.4, -0.2) is 42.6 Å². The molecule has 0 radical (unpaired) electrons. The Morgan fingerprint density at radius 2 is 1.92 bits per heavy atom. The van der Waals surface area contributed by atoms with Crippen molar-refractivity contribution in [2.24, 2.45) is 4.99 Å². The second kappa shape index (κ2) is 12.0. The summed E-state index contributed by atoms with van der Waals surface area (Å²) in [5.74, 6) is 0.734. The van der Waals surface area contributed by atoms with Gasteiger partial charge in [-0.2, -0.15) is 0 Å². The van der Waals surface area contributed by atoms with Crippen molar-refractivity contribution < 1.29 is 28.8 Å². The molecule has 1 N–H and O–H groups in total. The zero-order valence-electron chi connectivity index (χ0n) is 22.2. The van der Waals surface area contributed by atoms with Crippen LogP contribution in [-0.2, 0) is 9.53 Å². The van der Waals surface area contributed by atoms with E-state index in [9.17, 15) is 14.7 Å². The molecule has 204 valence electrons. The molecule has 1 unspecified atom stereocenters. The van der Waals surface area contributed by atoms with E-state index < -0.39 is 12.0 Å². The third-order valence-corrected chi connectivity index (χ3v) is 6.94. The van der Waals surface area contributed by atoms with Gasteiger partial charge in [-0.15, -0.1) is 0 Å². The van der Waals surface area contributed by atoms with Gasteiger partial charge >= 0.3 is 5.97 Å². The highest BCUT2D eigenvalue weighted by Crippen LogP contribution is 2.36. The summed E-state index contributed by atoms with van der Waals surface area (Å²) in [6, 6.07) is 9.33. The molecule has 0 spiro atoms. The first-order valence-corrected chi connectivity index (χ1v) is 13.2. The predicted octanol–water partition coefficient (Wildman–Crippen LogP) is 3.48. The zero-order chi connectivity index (χ0) is 28.1. The SMILES string of the molecule is C=CCOc1ccc(C2C(C(=O)OCC)=C(C)N=c3s/c(=C\c4ccc(O)c(OCC)c4)c(=O)n32)cc1OC. The van der Waals surface area contributed by atoms with Crippen LogP contribution in [0.15, 0.2) is 70.1 Å². The molecule has 3 aromatic rings. The van der Waals surface area contributed by atoms with Crippen LogP contribution in [0.2, 0.25) is 0 Å². The number of thiazole rings is 1. The molecule has 2 heterocycles. The van der Waals surface area contributed by atoms with Crippen LogP contribution >= 0.6 is 11.3 Å². The van der Waals surface area contributed by atoms with E-state index in [1.165, 1.54) is 29.1 Å². The zero-order valence-corrected chi connectivity index (χ0v) is 23.0. The number of esters is 1. The first-order chi connectivity index (χ1) is 18.8. The van der Waals surface area contributed by atoms with E-state index in [2.05, 4.69) is 11.6 Å². The highest BCUT2D eigenvalue weighted by Gasteiger charge is 2.34. The van der Waals surface area contributed by atoms with Gasteiger partial charge < -0.3 is 24.1 Å². The number of phenols is 1. The third-order valence-electron chi connectivity index (χ3n) is 5.96. The van der Waals surface area contributed by atoms with E-state index in [0.29, 0.717) is 56.6 Å². The monoisotopic (exact) mass is 550 g/mol. The highest BCUT2D eigenvalue weighted by molar-refractivity contribution is 7.07. The molecule has 0 saturated carbocycles. The van der Waals surface area contributed by atoms with Crippen molar-refractivity contribution in [3.05, 3.63) is 91.1 Å². The molecule has 0 fully saturated rings. The smallest absolute Gasteiger partial charge is 0.338 e. The molecule has 39 heavy (non-hydrogen) atoms. The second-order valence-electron chi connectivity index (χ2n) is 8.47. The summed E-state index contributed by atoms with van der Waals surface area (Å²) in [7, 11) is 1.52. The summed E-state index contributed by atoms with van der Waals surface area (Å²) < 4.78 is 24.0. The van der Waals surface area contributed by atoms with Gasteiger partial charge in [0.1, 0.15) is 6.61 Å². The fourth-order valence-electron chi connectivity index (χ4n) is 4.27. The van der Waals surface area contributed by atoms with Crippen LogP contribution in [0.25, 0.3) is 6.08 Å². The van der Waals surface area contributed by atoms with Gasteiger partial charge in [-0.3, -0.25) is 9.36 Å². The fraction of sp³-hybridized carbons (Fsp3) is 0.276. The fourth-order valence-corrected chi connectivity index (χ4v) is 5.32. The number of rotatable bonds is 10. The summed E-state index contributed by atoms with van der Waals surface area (Å²) in [6.45, 7) is 9.79. The van der Waals surface area contributed by atoms with Crippen molar-refractivity contribution in [2.75, 3.05) is 26.9 Å². The number of fused-ring (bicyclic) bond motifs is 1. The van der Waals surface area contributed by atoms with E-state index in [-0.39, 0.29) is 23.5 Å². The molecular weight excluding hydrogens is 520 g/mol. The summed E-state index contributed by atoms with van der Waals surface area (Å²) in [4.78, 5) is 32.0. The van der Waals surface area contributed by atoms with Crippen LogP contribution in [0.5, 0.6) is 23.0 Å². The number of carbonyl (C=O) groups excluding carboxylic acids is 1. The maximum atomic E-state index is 13.8. The van der Waals surface area contributed by atoms with Crippen LogP contribution in [0.4, 0.5) is 0 Å². The molecular formula is C29H30N2O7S. The van der Waals surface area contributed by atoms with Crippen molar-refractivity contribution in [1.82, 2.24) is 4.57 Å². The molecule has 1 atom stereocenters. The third kappa shape index (κ3) is 5.61. The maximum Gasteiger partial charge on any atom is 0.338 e. The van der Waals surface area contributed by atoms with Gasteiger partial charge in [-0.1, -0.05) is 36.1 Å². The van der Waals surface area contributed by atoms with Crippen molar-refractivity contribution in [2.45, 2.75) is 26.8 Å². The van der Waals surface area contributed by atoms with Gasteiger partial charge in [0, 0.05) is 0 Å². The molecule has 0 amide bonds. The first kappa shape index (κ1) is 27.7. The van der Waals surface area contributed by atoms with Crippen molar-refractivity contribution in [3.8, 4) is 23.0 Å². The number of benzene rings is 2. The summed E-state index contributed by atoms with van der Waals surface area (Å²) >= 11 is 1.21. The lowest BCUT2D eigenvalue weighted by atomic mass is 9.95. The van der Waals surface area contributed by atoms with E-state index in [1.807, 2.05) is 6.92 Å².